The molecule has 0 bridgehead atoms. The maximum absolute atomic E-state index is 12.6. The number of thiophene rings is 1. The van der Waals surface area contributed by atoms with Crippen LogP contribution in [-0.4, -0.2) is 16.1 Å². The van der Waals surface area contributed by atoms with E-state index in [1.165, 1.54) is 28.2 Å². The van der Waals surface area contributed by atoms with Gasteiger partial charge in [-0.05, 0) is 55.0 Å². The summed E-state index contributed by atoms with van der Waals surface area (Å²) < 4.78 is 0.913. The molecule has 1 aliphatic rings. The van der Waals surface area contributed by atoms with Crippen LogP contribution in [0.4, 0.5) is 5.69 Å². The summed E-state index contributed by atoms with van der Waals surface area (Å²) in [6, 6.07) is 7.85. The molecule has 4 rings (SSSR count). The molecule has 0 aliphatic heterocycles. The fraction of sp³-hybridized carbons (Fsp3) is 0.278. The highest BCUT2D eigenvalue weighted by Crippen LogP contribution is 2.33. The van der Waals surface area contributed by atoms with Gasteiger partial charge in [-0.25, -0.2) is 0 Å². The summed E-state index contributed by atoms with van der Waals surface area (Å²) in [5, 5.41) is 12.9. The summed E-state index contributed by atoms with van der Waals surface area (Å²) in [6.45, 7) is 2.28. The second-order valence-corrected chi connectivity index (χ2v) is 9.30. The van der Waals surface area contributed by atoms with Gasteiger partial charge in [0, 0.05) is 20.8 Å². The number of hydrogen-bond acceptors (Lipinski definition) is 6. The Balaban J connectivity index is 1.44. The third kappa shape index (κ3) is 3.78. The SMILES string of the molecule is CC1CCc2c(C(=O)Nc3ccc(Sc4nncs4)cc3)csc2C1. The van der Waals surface area contributed by atoms with Crippen LogP contribution in [-0.2, 0) is 12.8 Å². The fourth-order valence-corrected chi connectivity index (χ4v) is 5.68. The van der Waals surface area contributed by atoms with E-state index in [9.17, 15) is 4.79 Å². The summed E-state index contributed by atoms with van der Waals surface area (Å²) in [4.78, 5) is 15.1. The van der Waals surface area contributed by atoms with Crippen LogP contribution in [0, 0.1) is 5.92 Å². The summed E-state index contributed by atoms with van der Waals surface area (Å²) >= 11 is 4.81. The van der Waals surface area contributed by atoms with Crippen molar-refractivity contribution in [3.63, 3.8) is 0 Å². The molecule has 4 nitrogen and oxygen atoms in total. The predicted molar refractivity (Wildman–Crippen MR) is 104 cm³/mol. The molecule has 2 heterocycles. The zero-order valence-electron chi connectivity index (χ0n) is 13.7. The minimum Gasteiger partial charge on any atom is -0.322 e. The lowest BCUT2D eigenvalue weighted by molar-refractivity contribution is 0.102. The normalized spacial score (nSPS) is 16.4. The smallest absolute Gasteiger partial charge is 0.256 e. The Morgan fingerprint density at radius 1 is 1.28 bits per heavy atom. The van der Waals surface area contributed by atoms with E-state index in [0.717, 1.165) is 39.2 Å². The molecule has 2 aromatic heterocycles. The molecular weight excluding hydrogens is 370 g/mol. The van der Waals surface area contributed by atoms with Crippen molar-refractivity contribution < 1.29 is 4.79 Å². The van der Waals surface area contributed by atoms with Crippen molar-refractivity contribution in [2.24, 2.45) is 5.92 Å². The number of amides is 1. The van der Waals surface area contributed by atoms with Crippen LogP contribution in [0.25, 0.3) is 0 Å². The van der Waals surface area contributed by atoms with Gasteiger partial charge < -0.3 is 5.32 Å². The number of fused-ring (bicyclic) bond motifs is 1. The highest BCUT2D eigenvalue weighted by molar-refractivity contribution is 8.01. The molecule has 0 spiro atoms. The molecular formula is C18H17N3OS3. The minimum absolute atomic E-state index is 0.00317. The minimum atomic E-state index is -0.00317. The van der Waals surface area contributed by atoms with Crippen molar-refractivity contribution in [1.29, 1.82) is 0 Å². The van der Waals surface area contributed by atoms with Gasteiger partial charge in [0.1, 0.15) is 5.51 Å². The molecule has 25 heavy (non-hydrogen) atoms. The maximum Gasteiger partial charge on any atom is 0.256 e. The van der Waals surface area contributed by atoms with Crippen LogP contribution in [0.5, 0.6) is 0 Å². The molecule has 0 saturated heterocycles. The number of anilines is 1. The maximum atomic E-state index is 12.6. The first-order chi connectivity index (χ1) is 12.2. The van der Waals surface area contributed by atoms with Gasteiger partial charge in [-0.2, -0.15) is 0 Å². The van der Waals surface area contributed by atoms with Crippen LogP contribution in [0.15, 0.2) is 44.4 Å². The topological polar surface area (TPSA) is 54.9 Å². The first-order valence-electron chi connectivity index (χ1n) is 8.13. The predicted octanol–water partition coefficient (Wildman–Crippen LogP) is 5.13. The van der Waals surface area contributed by atoms with E-state index in [0.29, 0.717) is 0 Å². The van der Waals surface area contributed by atoms with Crippen molar-refractivity contribution in [2.75, 3.05) is 5.32 Å². The zero-order chi connectivity index (χ0) is 17.2. The highest BCUT2D eigenvalue weighted by atomic mass is 32.2. The van der Waals surface area contributed by atoms with Gasteiger partial charge in [-0.1, -0.05) is 30.0 Å². The number of hydrogen-bond donors (Lipinski definition) is 1. The highest BCUT2D eigenvalue weighted by Gasteiger charge is 2.23. The molecule has 1 atom stereocenters. The second-order valence-electron chi connectivity index (χ2n) is 6.18. The zero-order valence-corrected chi connectivity index (χ0v) is 16.1. The summed E-state index contributed by atoms with van der Waals surface area (Å²) in [6.07, 6.45) is 3.28. The molecule has 3 aromatic rings. The molecule has 0 radical (unpaired) electrons. The summed E-state index contributed by atoms with van der Waals surface area (Å²) in [7, 11) is 0. The largest absolute Gasteiger partial charge is 0.322 e. The quantitative estimate of drug-likeness (QED) is 0.674. The Hall–Kier alpha value is -1.70. The fourth-order valence-electron chi connectivity index (χ4n) is 2.98. The van der Waals surface area contributed by atoms with Crippen molar-refractivity contribution >= 4 is 46.0 Å². The molecule has 1 aliphatic carbocycles. The molecule has 1 N–H and O–H groups in total. The van der Waals surface area contributed by atoms with Crippen molar-refractivity contribution in [3.05, 3.63) is 51.2 Å². The van der Waals surface area contributed by atoms with E-state index < -0.39 is 0 Å². The number of rotatable bonds is 4. The van der Waals surface area contributed by atoms with Crippen molar-refractivity contribution in [2.45, 2.75) is 35.4 Å². The molecule has 1 aromatic carbocycles. The molecule has 1 amide bonds. The van der Waals surface area contributed by atoms with Crippen LogP contribution in [0.2, 0.25) is 0 Å². The van der Waals surface area contributed by atoms with Gasteiger partial charge in [-0.3, -0.25) is 4.79 Å². The van der Waals surface area contributed by atoms with Crippen LogP contribution in [0.1, 0.15) is 34.1 Å². The molecule has 128 valence electrons. The van der Waals surface area contributed by atoms with Crippen LogP contribution >= 0.6 is 34.4 Å². The summed E-state index contributed by atoms with van der Waals surface area (Å²) in [5.74, 6) is 0.719. The Morgan fingerprint density at radius 3 is 2.88 bits per heavy atom. The average molecular weight is 388 g/mol. The van der Waals surface area contributed by atoms with Gasteiger partial charge in [0.15, 0.2) is 4.34 Å². The third-order valence-corrected chi connectivity index (χ3v) is 7.14. The number of nitrogens with one attached hydrogen (secondary N) is 1. The van der Waals surface area contributed by atoms with Crippen LogP contribution < -0.4 is 5.32 Å². The average Bonchev–Trinajstić information content (AvgIpc) is 3.25. The second kappa shape index (κ2) is 7.27. The number of carbonyl (C=O) groups is 1. The van der Waals surface area contributed by atoms with E-state index >= 15 is 0 Å². The standard InChI is InChI=1S/C18H17N3OS3/c1-11-2-7-14-15(9-23-16(14)8-11)17(22)20-12-3-5-13(6-4-12)25-18-21-19-10-24-18/h3-6,9-11H,2,7-8H2,1H3,(H,20,22). The van der Waals surface area contributed by atoms with E-state index in [-0.39, 0.29) is 5.91 Å². The van der Waals surface area contributed by atoms with Gasteiger partial charge in [0.05, 0.1) is 5.56 Å². The van der Waals surface area contributed by atoms with Crippen molar-refractivity contribution in [3.8, 4) is 0 Å². The van der Waals surface area contributed by atoms with Gasteiger partial charge in [0.2, 0.25) is 0 Å². The first kappa shape index (κ1) is 16.8. The van der Waals surface area contributed by atoms with Gasteiger partial charge in [0.25, 0.3) is 5.91 Å². The van der Waals surface area contributed by atoms with Crippen LogP contribution in [0.3, 0.4) is 0 Å². The van der Waals surface area contributed by atoms with Gasteiger partial charge >= 0.3 is 0 Å². The molecule has 0 saturated carbocycles. The molecule has 7 heteroatoms. The van der Waals surface area contributed by atoms with E-state index in [1.807, 2.05) is 29.6 Å². The van der Waals surface area contributed by atoms with E-state index in [4.69, 9.17) is 0 Å². The summed E-state index contributed by atoms with van der Waals surface area (Å²) in [5.41, 5.74) is 4.64. The number of carbonyl (C=O) groups excluding carboxylic acids is 1. The number of aromatic nitrogens is 2. The number of nitrogens with zero attached hydrogens (tertiary/aromatic N) is 2. The van der Waals surface area contributed by atoms with E-state index in [2.05, 4.69) is 22.4 Å². The third-order valence-electron chi connectivity index (χ3n) is 4.30. The van der Waals surface area contributed by atoms with Crippen molar-refractivity contribution in [1.82, 2.24) is 10.2 Å². The Morgan fingerprint density at radius 2 is 2.12 bits per heavy atom. The van der Waals surface area contributed by atoms with E-state index in [1.54, 1.807) is 28.6 Å². The number of benzene rings is 1. The monoisotopic (exact) mass is 387 g/mol. The lowest BCUT2D eigenvalue weighted by Crippen LogP contribution is -2.16. The molecule has 0 fully saturated rings. The Kier molecular flexibility index (Phi) is 4.87. The molecule has 1 unspecified atom stereocenters. The Bertz CT molecular complexity index is 872. The lowest BCUT2D eigenvalue weighted by Gasteiger charge is -2.18. The first-order valence-corrected chi connectivity index (χ1v) is 10.7. The Labute approximate surface area is 158 Å². The lowest BCUT2D eigenvalue weighted by atomic mass is 9.88. The van der Waals surface area contributed by atoms with Gasteiger partial charge in [-0.15, -0.1) is 21.5 Å².